The average Bonchev–Trinajstić information content (AvgIpc) is 2.78. The Kier molecular flexibility index (Phi) is 10.2. The molecule has 0 aliphatic carbocycles. The summed E-state index contributed by atoms with van der Waals surface area (Å²) in [5.74, 6) is 0.601. The molecule has 0 spiro atoms. The zero-order chi connectivity index (χ0) is 24.4. The van der Waals surface area contributed by atoms with Crippen LogP contribution in [0.15, 0.2) is 42.5 Å². The highest BCUT2D eigenvalue weighted by atomic mass is 19.1. The van der Waals surface area contributed by atoms with Crippen molar-refractivity contribution in [2.45, 2.75) is 66.1 Å². The van der Waals surface area contributed by atoms with Gasteiger partial charge in [0.25, 0.3) is 0 Å². The molecular weight excluding hydrogens is 423 g/mol. The van der Waals surface area contributed by atoms with Crippen LogP contribution in [0.2, 0.25) is 0 Å². The van der Waals surface area contributed by atoms with E-state index in [1.54, 1.807) is 24.0 Å². The van der Waals surface area contributed by atoms with Crippen molar-refractivity contribution in [3.8, 4) is 11.5 Å². The van der Waals surface area contributed by atoms with Crippen molar-refractivity contribution in [3.05, 3.63) is 59.4 Å². The van der Waals surface area contributed by atoms with E-state index in [1.807, 2.05) is 45.9 Å². The third-order valence-corrected chi connectivity index (χ3v) is 5.10. The van der Waals surface area contributed by atoms with E-state index in [-0.39, 0.29) is 36.6 Å². The summed E-state index contributed by atoms with van der Waals surface area (Å²) in [7, 11) is 0. The third kappa shape index (κ3) is 8.08. The van der Waals surface area contributed by atoms with Crippen LogP contribution < -0.4 is 14.8 Å². The molecule has 0 aromatic heterocycles. The number of hydrogen-bond acceptors (Lipinski definition) is 4. The summed E-state index contributed by atoms with van der Waals surface area (Å²) in [6.07, 6.45) is 0.712. The molecule has 0 heterocycles. The number of ether oxygens (including phenoxy) is 2. The molecule has 0 saturated carbocycles. The number of carbonyl (C=O) groups excluding carboxylic acids is 2. The van der Waals surface area contributed by atoms with E-state index in [4.69, 9.17) is 9.47 Å². The second-order valence-electron chi connectivity index (χ2n) is 8.13. The quantitative estimate of drug-likeness (QED) is 0.509. The van der Waals surface area contributed by atoms with Gasteiger partial charge in [-0.25, -0.2) is 4.39 Å². The van der Waals surface area contributed by atoms with Crippen LogP contribution in [0.25, 0.3) is 0 Å². The van der Waals surface area contributed by atoms with Crippen molar-refractivity contribution < 1.29 is 23.5 Å². The van der Waals surface area contributed by atoms with Crippen LogP contribution in [0.5, 0.6) is 11.5 Å². The van der Waals surface area contributed by atoms with Crippen LogP contribution in [0.3, 0.4) is 0 Å². The molecule has 6 nitrogen and oxygen atoms in total. The Hall–Kier alpha value is -3.09. The predicted molar refractivity (Wildman–Crippen MR) is 127 cm³/mol. The molecule has 0 unspecified atom stereocenters. The number of halogens is 1. The molecule has 2 rings (SSSR count). The Balaban J connectivity index is 2.17. The first-order chi connectivity index (χ1) is 15.7. The molecule has 33 heavy (non-hydrogen) atoms. The van der Waals surface area contributed by atoms with Gasteiger partial charge in [-0.2, -0.15) is 0 Å². The van der Waals surface area contributed by atoms with Crippen LogP contribution in [-0.2, 0) is 22.6 Å². The first-order valence-corrected chi connectivity index (χ1v) is 11.5. The van der Waals surface area contributed by atoms with Gasteiger partial charge in [-0.05, 0) is 76.4 Å². The topological polar surface area (TPSA) is 67.9 Å². The molecule has 180 valence electrons. The minimum absolute atomic E-state index is 0.0384. The molecule has 0 aliphatic rings. The van der Waals surface area contributed by atoms with Crippen LogP contribution in [-0.4, -0.2) is 42.0 Å². The number of nitrogens with one attached hydrogen (secondary N) is 1. The maximum absolute atomic E-state index is 13.3. The Bertz CT molecular complexity index is 915. The van der Waals surface area contributed by atoms with Gasteiger partial charge in [0.05, 0.1) is 13.2 Å². The van der Waals surface area contributed by atoms with Gasteiger partial charge in [0.2, 0.25) is 11.8 Å². The van der Waals surface area contributed by atoms with Crippen molar-refractivity contribution in [2.75, 3.05) is 13.2 Å². The predicted octanol–water partition coefficient (Wildman–Crippen LogP) is 4.50. The number of amides is 2. The lowest BCUT2D eigenvalue weighted by atomic mass is 10.1. The smallest absolute Gasteiger partial charge is 0.242 e. The molecule has 0 bridgehead atoms. The van der Waals surface area contributed by atoms with E-state index in [9.17, 15) is 14.0 Å². The average molecular weight is 459 g/mol. The summed E-state index contributed by atoms with van der Waals surface area (Å²) >= 11 is 0. The van der Waals surface area contributed by atoms with Gasteiger partial charge in [0.1, 0.15) is 11.9 Å². The summed E-state index contributed by atoms with van der Waals surface area (Å²) < 4.78 is 24.6. The van der Waals surface area contributed by atoms with E-state index in [2.05, 4.69) is 5.32 Å². The standard InChI is InChI=1S/C26H35FN2O4/c1-6-32-23-14-10-20(16-24(23)33-7-2)11-15-25(30)29(19(5)26(31)28-18(3)4)17-21-8-12-22(27)13-9-21/h8-10,12-14,16,18-19H,6-7,11,15,17H2,1-5H3,(H,28,31)/t19-/m1/s1. The summed E-state index contributed by atoms with van der Waals surface area (Å²) in [6.45, 7) is 10.5. The normalized spacial score (nSPS) is 11.7. The summed E-state index contributed by atoms with van der Waals surface area (Å²) in [5.41, 5.74) is 1.70. The largest absolute Gasteiger partial charge is 0.490 e. The highest BCUT2D eigenvalue weighted by Gasteiger charge is 2.26. The number of nitrogens with zero attached hydrogens (tertiary/aromatic N) is 1. The Labute approximate surface area is 196 Å². The van der Waals surface area contributed by atoms with Gasteiger partial charge in [0.15, 0.2) is 11.5 Å². The van der Waals surface area contributed by atoms with E-state index >= 15 is 0 Å². The summed E-state index contributed by atoms with van der Waals surface area (Å²) in [6, 6.07) is 10.9. The Morgan fingerprint density at radius 3 is 2.15 bits per heavy atom. The lowest BCUT2D eigenvalue weighted by molar-refractivity contribution is -0.140. The number of aryl methyl sites for hydroxylation is 1. The lowest BCUT2D eigenvalue weighted by Gasteiger charge is -2.29. The van der Waals surface area contributed by atoms with E-state index in [0.29, 0.717) is 31.1 Å². The molecule has 0 aliphatic heterocycles. The molecule has 1 atom stereocenters. The SMILES string of the molecule is CCOc1ccc(CCC(=O)N(Cc2ccc(F)cc2)[C@H](C)C(=O)NC(C)C)cc1OCC. The number of hydrogen-bond donors (Lipinski definition) is 1. The zero-order valence-electron chi connectivity index (χ0n) is 20.2. The van der Waals surface area contributed by atoms with Crippen LogP contribution in [0, 0.1) is 5.82 Å². The molecule has 2 amide bonds. The van der Waals surface area contributed by atoms with Crippen molar-refractivity contribution in [1.82, 2.24) is 10.2 Å². The van der Waals surface area contributed by atoms with E-state index in [0.717, 1.165) is 11.1 Å². The fraction of sp³-hybridized carbons (Fsp3) is 0.462. The second kappa shape index (κ2) is 12.8. The Morgan fingerprint density at radius 2 is 1.55 bits per heavy atom. The fourth-order valence-corrected chi connectivity index (χ4v) is 3.42. The Morgan fingerprint density at radius 1 is 0.939 bits per heavy atom. The minimum Gasteiger partial charge on any atom is -0.490 e. The molecule has 2 aromatic carbocycles. The van der Waals surface area contributed by atoms with Crippen molar-refractivity contribution in [1.29, 1.82) is 0 Å². The summed E-state index contributed by atoms with van der Waals surface area (Å²) in [4.78, 5) is 27.4. The van der Waals surface area contributed by atoms with Gasteiger partial charge >= 0.3 is 0 Å². The maximum Gasteiger partial charge on any atom is 0.242 e. The van der Waals surface area contributed by atoms with Gasteiger partial charge in [-0.1, -0.05) is 18.2 Å². The monoisotopic (exact) mass is 458 g/mol. The van der Waals surface area contributed by atoms with Crippen LogP contribution in [0.1, 0.15) is 52.2 Å². The van der Waals surface area contributed by atoms with E-state index < -0.39 is 6.04 Å². The maximum atomic E-state index is 13.3. The third-order valence-electron chi connectivity index (χ3n) is 5.10. The summed E-state index contributed by atoms with van der Waals surface area (Å²) in [5, 5.41) is 2.86. The fourth-order valence-electron chi connectivity index (χ4n) is 3.42. The van der Waals surface area contributed by atoms with Gasteiger partial charge in [-0.3, -0.25) is 9.59 Å². The number of carbonyl (C=O) groups is 2. The van der Waals surface area contributed by atoms with E-state index in [1.165, 1.54) is 12.1 Å². The first kappa shape index (κ1) is 26.2. The van der Waals surface area contributed by atoms with Gasteiger partial charge in [0, 0.05) is 19.0 Å². The van der Waals surface area contributed by atoms with Crippen molar-refractivity contribution in [3.63, 3.8) is 0 Å². The second-order valence-corrected chi connectivity index (χ2v) is 8.13. The molecule has 0 fully saturated rings. The van der Waals surface area contributed by atoms with Gasteiger partial charge < -0.3 is 19.7 Å². The van der Waals surface area contributed by atoms with Crippen molar-refractivity contribution >= 4 is 11.8 Å². The molecule has 7 heteroatoms. The minimum atomic E-state index is -0.663. The van der Waals surface area contributed by atoms with Crippen molar-refractivity contribution in [2.24, 2.45) is 0 Å². The molecule has 0 radical (unpaired) electrons. The zero-order valence-corrected chi connectivity index (χ0v) is 20.2. The van der Waals surface area contributed by atoms with Crippen LogP contribution >= 0.6 is 0 Å². The van der Waals surface area contributed by atoms with Crippen LogP contribution in [0.4, 0.5) is 4.39 Å². The highest BCUT2D eigenvalue weighted by molar-refractivity contribution is 5.87. The molecule has 1 N–H and O–H groups in total. The van der Waals surface area contributed by atoms with Gasteiger partial charge in [-0.15, -0.1) is 0 Å². The number of benzene rings is 2. The highest BCUT2D eigenvalue weighted by Crippen LogP contribution is 2.29. The number of rotatable bonds is 12. The first-order valence-electron chi connectivity index (χ1n) is 11.5. The molecule has 2 aromatic rings. The molecule has 0 saturated heterocycles. The molecular formula is C26H35FN2O4. The lowest BCUT2D eigenvalue weighted by Crippen LogP contribution is -2.49.